The summed E-state index contributed by atoms with van der Waals surface area (Å²) in [6.45, 7) is 2.34. The van der Waals surface area contributed by atoms with Crippen LogP contribution in [0.15, 0.2) is 53.0 Å². The van der Waals surface area contributed by atoms with Gasteiger partial charge in [0.05, 0.1) is 13.0 Å². The van der Waals surface area contributed by atoms with Gasteiger partial charge in [-0.25, -0.2) is 0 Å². The number of hydrogen-bond donors (Lipinski definition) is 1. The van der Waals surface area contributed by atoms with Crippen molar-refractivity contribution in [1.82, 2.24) is 4.90 Å². The summed E-state index contributed by atoms with van der Waals surface area (Å²) in [7, 11) is 3.42. The van der Waals surface area contributed by atoms with Crippen LogP contribution in [0, 0.1) is 5.92 Å². The lowest BCUT2D eigenvalue weighted by Gasteiger charge is -2.26. The van der Waals surface area contributed by atoms with Crippen molar-refractivity contribution >= 4 is 34.2 Å². The molecule has 2 unspecified atom stereocenters. The van der Waals surface area contributed by atoms with Crippen molar-refractivity contribution in [1.29, 1.82) is 0 Å². The monoisotopic (exact) mass is 426 g/mol. The standard InChI is InChI=1S/C19H23BrN2O2.ClH/c1-13(18(21)14-7-5-4-6-8-14)19(23)22(2)12-15-11-16(20)9-10-17(15)24-3;/h4-11,13,18H,12,21H2,1-3H3;1H. The molecule has 2 rings (SSSR count). The summed E-state index contributed by atoms with van der Waals surface area (Å²) < 4.78 is 6.33. The van der Waals surface area contributed by atoms with E-state index >= 15 is 0 Å². The van der Waals surface area contributed by atoms with Crippen LogP contribution in [0.5, 0.6) is 5.75 Å². The summed E-state index contributed by atoms with van der Waals surface area (Å²) in [4.78, 5) is 14.4. The minimum atomic E-state index is -0.328. The highest BCUT2D eigenvalue weighted by atomic mass is 79.9. The molecule has 2 aromatic carbocycles. The molecular weight excluding hydrogens is 404 g/mol. The largest absolute Gasteiger partial charge is 0.496 e. The molecule has 0 spiro atoms. The molecule has 0 fully saturated rings. The summed E-state index contributed by atoms with van der Waals surface area (Å²) in [6, 6.07) is 15.1. The van der Waals surface area contributed by atoms with Crippen molar-refractivity contribution < 1.29 is 9.53 Å². The van der Waals surface area contributed by atoms with Crippen LogP contribution in [0.2, 0.25) is 0 Å². The number of methoxy groups -OCH3 is 1. The van der Waals surface area contributed by atoms with Crippen LogP contribution in [-0.2, 0) is 11.3 Å². The first kappa shape index (κ1) is 21.5. The average molecular weight is 428 g/mol. The van der Waals surface area contributed by atoms with Gasteiger partial charge in [-0.3, -0.25) is 4.79 Å². The minimum Gasteiger partial charge on any atom is -0.496 e. The number of halogens is 2. The van der Waals surface area contributed by atoms with Crippen molar-refractivity contribution in [2.24, 2.45) is 11.7 Å². The molecule has 0 heterocycles. The second-order valence-electron chi connectivity index (χ2n) is 5.88. The average Bonchev–Trinajstić information content (AvgIpc) is 2.60. The van der Waals surface area contributed by atoms with Crippen molar-refractivity contribution in [3.05, 3.63) is 64.1 Å². The third-order valence-electron chi connectivity index (χ3n) is 4.14. The highest BCUT2D eigenvalue weighted by Gasteiger charge is 2.25. The van der Waals surface area contributed by atoms with Gasteiger partial charge in [0.25, 0.3) is 0 Å². The topological polar surface area (TPSA) is 55.6 Å². The molecule has 4 nitrogen and oxygen atoms in total. The van der Waals surface area contributed by atoms with Crippen LogP contribution >= 0.6 is 28.3 Å². The fraction of sp³-hybridized carbons (Fsp3) is 0.316. The zero-order chi connectivity index (χ0) is 17.7. The zero-order valence-corrected chi connectivity index (χ0v) is 17.0. The molecule has 136 valence electrons. The second kappa shape index (κ2) is 9.80. The summed E-state index contributed by atoms with van der Waals surface area (Å²) in [5, 5.41) is 0. The van der Waals surface area contributed by atoms with Crippen molar-refractivity contribution in [2.45, 2.75) is 19.5 Å². The van der Waals surface area contributed by atoms with Crippen LogP contribution < -0.4 is 10.5 Å². The lowest BCUT2D eigenvalue weighted by molar-refractivity contribution is -0.134. The van der Waals surface area contributed by atoms with Gasteiger partial charge in [-0.15, -0.1) is 12.4 Å². The van der Waals surface area contributed by atoms with E-state index in [0.717, 1.165) is 21.3 Å². The molecular formula is C19H24BrClN2O2. The Labute approximate surface area is 163 Å². The number of nitrogens with zero attached hydrogens (tertiary/aromatic N) is 1. The molecule has 0 bridgehead atoms. The molecule has 2 N–H and O–H groups in total. The predicted octanol–water partition coefficient (Wildman–Crippen LogP) is 4.17. The normalized spacial score (nSPS) is 12.7. The van der Waals surface area contributed by atoms with E-state index in [1.165, 1.54) is 0 Å². The Kier molecular flexibility index (Phi) is 8.42. The molecule has 0 aliphatic rings. The maximum Gasteiger partial charge on any atom is 0.227 e. The summed E-state index contributed by atoms with van der Waals surface area (Å²) in [6.07, 6.45) is 0. The Morgan fingerprint density at radius 3 is 2.48 bits per heavy atom. The third kappa shape index (κ3) is 5.46. The molecule has 0 saturated heterocycles. The molecule has 2 aromatic rings. The molecule has 0 aliphatic heterocycles. The molecule has 0 aromatic heterocycles. The Balaban J connectivity index is 0.00000312. The summed E-state index contributed by atoms with van der Waals surface area (Å²) in [5.74, 6) is 0.460. The number of nitrogens with two attached hydrogens (primary N) is 1. The van der Waals surface area contributed by atoms with Crippen LogP contribution in [0.1, 0.15) is 24.1 Å². The Morgan fingerprint density at radius 1 is 1.24 bits per heavy atom. The molecule has 1 amide bonds. The lowest BCUT2D eigenvalue weighted by atomic mass is 9.94. The van der Waals surface area contributed by atoms with Gasteiger partial charge in [0.15, 0.2) is 0 Å². The maximum absolute atomic E-state index is 12.7. The van der Waals surface area contributed by atoms with Crippen molar-refractivity contribution in [3.8, 4) is 5.75 Å². The van der Waals surface area contributed by atoms with Gasteiger partial charge in [-0.1, -0.05) is 53.2 Å². The van der Waals surface area contributed by atoms with Gasteiger partial charge >= 0.3 is 0 Å². The molecule has 2 atom stereocenters. The van der Waals surface area contributed by atoms with E-state index in [2.05, 4.69) is 15.9 Å². The first-order valence-corrected chi connectivity index (χ1v) is 8.61. The molecule has 0 radical (unpaired) electrons. The first-order chi connectivity index (χ1) is 11.4. The molecule has 25 heavy (non-hydrogen) atoms. The Bertz CT molecular complexity index is 697. The zero-order valence-electron chi connectivity index (χ0n) is 14.6. The van der Waals surface area contributed by atoms with Crippen molar-refractivity contribution in [2.75, 3.05) is 14.2 Å². The van der Waals surface area contributed by atoms with Gasteiger partial charge in [0, 0.05) is 29.7 Å². The van der Waals surface area contributed by atoms with E-state index < -0.39 is 0 Å². The highest BCUT2D eigenvalue weighted by molar-refractivity contribution is 9.10. The number of rotatable bonds is 6. The SMILES string of the molecule is COc1ccc(Br)cc1CN(C)C(=O)C(C)C(N)c1ccccc1.Cl. The quantitative estimate of drug-likeness (QED) is 0.752. The van der Waals surface area contributed by atoms with E-state index in [9.17, 15) is 4.79 Å². The van der Waals surface area contributed by atoms with Crippen molar-refractivity contribution in [3.63, 3.8) is 0 Å². The highest BCUT2D eigenvalue weighted by Crippen LogP contribution is 2.26. The molecule has 0 aliphatic carbocycles. The molecule has 0 saturated carbocycles. The smallest absolute Gasteiger partial charge is 0.227 e. The van der Waals surface area contributed by atoms with E-state index in [1.807, 2.05) is 55.5 Å². The van der Waals surface area contributed by atoms with E-state index in [1.54, 1.807) is 19.1 Å². The van der Waals surface area contributed by atoms with Gasteiger partial charge in [-0.05, 0) is 23.8 Å². The van der Waals surface area contributed by atoms with E-state index in [-0.39, 0.29) is 30.3 Å². The number of amides is 1. The fourth-order valence-corrected chi connectivity index (χ4v) is 3.08. The summed E-state index contributed by atoms with van der Waals surface area (Å²) >= 11 is 3.46. The summed E-state index contributed by atoms with van der Waals surface area (Å²) in [5.41, 5.74) is 8.18. The van der Waals surface area contributed by atoms with Gasteiger partial charge < -0.3 is 15.4 Å². The number of ether oxygens (including phenoxy) is 1. The van der Waals surface area contributed by atoms with Crippen LogP contribution in [0.3, 0.4) is 0 Å². The Hall–Kier alpha value is -1.56. The number of carbonyl (C=O) groups excluding carboxylic acids is 1. The van der Waals surface area contributed by atoms with E-state index in [0.29, 0.717) is 6.54 Å². The number of hydrogen-bond acceptors (Lipinski definition) is 3. The van der Waals surface area contributed by atoms with E-state index in [4.69, 9.17) is 10.5 Å². The van der Waals surface area contributed by atoms with Gasteiger partial charge in [0.1, 0.15) is 5.75 Å². The van der Waals surface area contributed by atoms with Gasteiger partial charge in [-0.2, -0.15) is 0 Å². The lowest BCUT2D eigenvalue weighted by Crippen LogP contribution is -2.36. The molecule has 6 heteroatoms. The predicted molar refractivity (Wildman–Crippen MR) is 107 cm³/mol. The first-order valence-electron chi connectivity index (χ1n) is 7.82. The third-order valence-corrected chi connectivity index (χ3v) is 4.63. The minimum absolute atomic E-state index is 0. The number of benzene rings is 2. The van der Waals surface area contributed by atoms with Crippen LogP contribution in [0.4, 0.5) is 0 Å². The fourth-order valence-electron chi connectivity index (χ4n) is 2.67. The maximum atomic E-state index is 12.7. The second-order valence-corrected chi connectivity index (χ2v) is 6.79. The Morgan fingerprint density at radius 2 is 1.88 bits per heavy atom. The van der Waals surface area contributed by atoms with Crippen LogP contribution in [-0.4, -0.2) is 25.0 Å². The number of carbonyl (C=O) groups is 1. The van der Waals surface area contributed by atoms with Gasteiger partial charge in [0.2, 0.25) is 5.91 Å². The van der Waals surface area contributed by atoms with Crippen LogP contribution in [0.25, 0.3) is 0 Å².